The van der Waals surface area contributed by atoms with Gasteiger partial charge in [0.2, 0.25) is 0 Å². The lowest BCUT2D eigenvalue weighted by molar-refractivity contribution is -0.138. The molecule has 1 aliphatic rings. The van der Waals surface area contributed by atoms with Crippen molar-refractivity contribution in [3.63, 3.8) is 0 Å². The van der Waals surface area contributed by atoms with Crippen molar-refractivity contribution in [2.75, 3.05) is 11.1 Å². The van der Waals surface area contributed by atoms with E-state index in [9.17, 15) is 31.5 Å². The molecule has 2 atom stereocenters. The van der Waals surface area contributed by atoms with E-state index >= 15 is 4.39 Å². The van der Waals surface area contributed by atoms with Crippen LogP contribution in [0.2, 0.25) is 0 Å². The lowest BCUT2D eigenvalue weighted by atomic mass is 9.85. The van der Waals surface area contributed by atoms with Gasteiger partial charge in [-0.2, -0.15) is 18.3 Å². The van der Waals surface area contributed by atoms with Gasteiger partial charge in [0.05, 0.1) is 29.2 Å². The number of nitrogens with zero attached hydrogens (tertiary/aromatic N) is 4. The number of aromatic amines is 1. The van der Waals surface area contributed by atoms with E-state index in [0.717, 1.165) is 18.5 Å². The molecule has 0 amide bonds. The maximum atomic E-state index is 15.0. The smallest absolute Gasteiger partial charge is 0.382 e. The van der Waals surface area contributed by atoms with E-state index in [0.29, 0.717) is 31.1 Å². The molecule has 0 bridgehead atoms. The Bertz CT molecular complexity index is 1720. The summed E-state index contributed by atoms with van der Waals surface area (Å²) < 4.78 is 82.6. The van der Waals surface area contributed by atoms with Gasteiger partial charge in [0, 0.05) is 24.3 Å². The average Bonchev–Trinajstić information content (AvgIpc) is 2.89. The maximum Gasteiger partial charge on any atom is 0.423 e. The number of benzene rings is 1. The first-order chi connectivity index (χ1) is 19.4. The summed E-state index contributed by atoms with van der Waals surface area (Å²) in [4.78, 5) is 32.4. The summed E-state index contributed by atoms with van der Waals surface area (Å²) in [6, 6.07) is 3.60. The highest BCUT2D eigenvalue weighted by Crippen LogP contribution is 2.34. The first-order valence-corrected chi connectivity index (χ1v) is 12.6. The number of rotatable bonds is 6. The number of nitrogen functional groups attached to an aromatic ring is 1. The molecule has 9 nitrogen and oxygen atoms in total. The van der Waals surface area contributed by atoms with Crippen molar-refractivity contribution in [2.24, 2.45) is 5.92 Å². The van der Waals surface area contributed by atoms with Crippen LogP contribution in [-0.4, -0.2) is 30.8 Å². The van der Waals surface area contributed by atoms with E-state index in [-0.39, 0.29) is 35.1 Å². The Balaban J connectivity index is 1.36. The molecule has 0 saturated heterocycles. The highest BCUT2D eigenvalue weighted by atomic mass is 19.4. The minimum Gasteiger partial charge on any atom is -0.382 e. The Morgan fingerprint density at radius 1 is 1.17 bits per heavy atom. The van der Waals surface area contributed by atoms with Crippen LogP contribution in [0.4, 0.5) is 37.8 Å². The molecule has 1 aliphatic carbocycles. The molecule has 15 heteroatoms. The lowest BCUT2D eigenvalue weighted by Gasteiger charge is -2.31. The summed E-state index contributed by atoms with van der Waals surface area (Å²) in [6.45, 7) is 0.243. The Morgan fingerprint density at radius 2 is 1.95 bits per heavy atom. The van der Waals surface area contributed by atoms with E-state index in [1.807, 2.05) is 0 Å². The second kappa shape index (κ2) is 10.9. The van der Waals surface area contributed by atoms with Crippen LogP contribution in [0.3, 0.4) is 0 Å². The summed E-state index contributed by atoms with van der Waals surface area (Å²) in [5.74, 6) is -1.44. The van der Waals surface area contributed by atoms with Crippen LogP contribution in [0.25, 0.3) is 22.0 Å². The molecule has 4 N–H and O–H groups in total. The van der Waals surface area contributed by atoms with Gasteiger partial charge in [-0.3, -0.25) is 9.59 Å². The molecule has 1 aromatic carbocycles. The largest absolute Gasteiger partial charge is 0.423 e. The highest BCUT2D eigenvalue weighted by Gasteiger charge is 2.38. The third-order valence-electron chi connectivity index (χ3n) is 7.11. The zero-order valence-electron chi connectivity index (χ0n) is 21.2. The number of halogens is 6. The third kappa shape index (κ3) is 5.74. The van der Waals surface area contributed by atoms with Crippen molar-refractivity contribution in [3.05, 3.63) is 74.6 Å². The van der Waals surface area contributed by atoms with E-state index in [1.54, 1.807) is 11.2 Å². The highest BCUT2D eigenvalue weighted by molar-refractivity contribution is 5.86. The first kappa shape index (κ1) is 28.1. The van der Waals surface area contributed by atoms with Crippen LogP contribution in [0.5, 0.6) is 0 Å². The number of H-pyrrole nitrogens is 1. The SMILES string of the molecule is Nc1nc(-c2cc3ccn(CC4CCC[C@H](Nc5cn[nH]c(=O)c5C(F)(F)F)C4)c(=O)c3cc2F)cnc1C(F)F. The summed E-state index contributed by atoms with van der Waals surface area (Å²) in [6.07, 6.45) is -1.99. The minimum atomic E-state index is -4.87. The fourth-order valence-electron chi connectivity index (χ4n) is 5.23. The molecule has 0 aliphatic heterocycles. The molecule has 3 heterocycles. The van der Waals surface area contributed by atoms with E-state index in [2.05, 4.69) is 20.4 Å². The maximum absolute atomic E-state index is 15.0. The average molecular weight is 580 g/mol. The molecular formula is C26H23F6N7O2. The van der Waals surface area contributed by atoms with E-state index in [4.69, 9.17) is 5.73 Å². The van der Waals surface area contributed by atoms with Crippen LogP contribution < -0.4 is 22.2 Å². The molecule has 1 fully saturated rings. The van der Waals surface area contributed by atoms with Gasteiger partial charge in [0.1, 0.15) is 17.1 Å². The molecule has 0 radical (unpaired) electrons. The van der Waals surface area contributed by atoms with Crippen LogP contribution in [0.15, 0.2) is 46.4 Å². The third-order valence-corrected chi connectivity index (χ3v) is 7.11. The molecule has 0 spiro atoms. The number of hydrogen-bond acceptors (Lipinski definition) is 7. The monoisotopic (exact) mass is 579 g/mol. The molecule has 3 aromatic heterocycles. The van der Waals surface area contributed by atoms with Crippen molar-refractivity contribution in [1.29, 1.82) is 0 Å². The summed E-state index contributed by atoms with van der Waals surface area (Å²) in [7, 11) is 0. The quantitative estimate of drug-likeness (QED) is 0.277. The number of aromatic nitrogens is 5. The van der Waals surface area contributed by atoms with Crippen LogP contribution in [0, 0.1) is 11.7 Å². The topological polar surface area (TPSA) is 132 Å². The molecule has 1 saturated carbocycles. The Morgan fingerprint density at radius 3 is 2.66 bits per heavy atom. The van der Waals surface area contributed by atoms with Crippen molar-refractivity contribution in [3.8, 4) is 11.3 Å². The second-order valence-corrected chi connectivity index (χ2v) is 9.88. The number of fused-ring (bicyclic) bond motifs is 1. The first-order valence-electron chi connectivity index (χ1n) is 12.6. The Labute approximate surface area is 227 Å². The van der Waals surface area contributed by atoms with Crippen LogP contribution in [0.1, 0.15) is 43.4 Å². The van der Waals surface area contributed by atoms with Crippen molar-refractivity contribution < 1.29 is 26.3 Å². The molecule has 216 valence electrons. The van der Waals surface area contributed by atoms with Crippen molar-refractivity contribution in [1.82, 2.24) is 24.7 Å². The summed E-state index contributed by atoms with van der Waals surface area (Å²) >= 11 is 0. The van der Waals surface area contributed by atoms with E-state index in [1.165, 1.54) is 16.8 Å². The fourth-order valence-corrected chi connectivity index (χ4v) is 5.23. The summed E-state index contributed by atoms with van der Waals surface area (Å²) in [5, 5.41) is 8.54. The van der Waals surface area contributed by atoms with Gasteiger partial charge in [-0.15, -0.1) is 0 Å². The molecular weight excluding hydrogens is 556 g/mol. The predicted molar refractivity (Wildman–Crippen MR) is 138 cm³/mol. The van der Waals surface area contributed by atoms with Crippen LogP contribution in [-0.2, 0) is 12.7 Å². The fraction of sp³-hybridized carbons (Fsp3) is 0.346. The Hall–Kier alpha value is -4.43. The normalized spacial score (nSPS) is 17.7. The number of nitrogens with two attached hydrogens (primary N) is 1. The van der Waals surface area contributed by atoms with Gasteiger partial charge in [-0.05, 0) is 48.8 Å². The molecule has 5 rings (SSSR count). The van der Waals surface area contributed by atoms with Gasteiger partial charge in [0.15, 0.2) is 5.82 Å². The number of anilines is 2. The van der Waals surface area contributed by atoms with Gasteiger partial charge in [0.25, 0.3) is 17.5 Å². The second-order valence-electron chi connectivity index (χ2n) is 9.88. The minimum absolute atomic E-state index is 0.0664. The van der Waals surface area contributed by atoms with Crippen molar-refractivity contribution >= 4 is 22.3 Å². The number of nitrogens with one attached hydrogen (secondary N) is 2. The van der Waals surface area contributed by atoms with Gasteiger partial charge >= 0.3 is 6.18 Å². The lowest BCUT2D eigenvalue weighted by Crippen LogP contribution is -2.33. The zero-order valence-corrected chi connectivity index (χ0v) is 21.2. The molecule has 1 unspecified atom stereocenters. The summed E-state index contributed by atoms with van der Waals surface area (Å²) in [5.41, 5.74) is 1.12. The van der Waals surface area contributed by atoms with Crippen molar-refractivity contribution in [2.45, 2.75) is 50.9 Å². The predicted octanol–water partition coefficient (Wildman–Crippen LogP) is 4.89. The van der Waals surface area contributed by atoms with Gasteiger partial charge in [-0.1, -0.05) is 6.42 Å². The standard InChI is InChI=1S/C26H23F6N7O2/c27-17-8-15-13(7-16(17)18-9-34-21(22(28)29)23(33)37-18)4-5-39(25(15)41)11-12-2-1-3-14(6-12)36-19-10-35-38-24(40)20(19)26(30,31)32/h4-5,7-10,12,14,22H,1-3,6,11H2,(H2,33,37)(H2,36,38,40)/t12?,14-/m0/s1. The number of alkyl halides is 5. The molecule has 41 heavy (non-hydrogen) atoms. The molecule has 4 aromatic rings. The zero-order chi connectivity index (χ0) is 29.5. The van der Waals surface area contributed by atoms with Gasteiger partial charge < -0.3 is 15.6 Å². The van der Waals surface area contributed by atoms with Crippen LogP contribution >= 0.6 is 0 Å². The van der Waals surface area contributed by atoms with E-state index < -0.39 is 52.3 Å². The Kier molecular flexibility index (Phi) is 7.44. The number of hydrogen-bond donors (Lipinski definition) is 3. The van der Waals surface area contributed by atoms with Gasteiger partial charge in [-0.25, -0.2) is 28.2 Å². The number of pyridine rings is 1.